The normalized spacial score (nSPS) is 57.0. The molecule has 0 spiro atoms. The molecule has 4 heteroatoms. The third-order valence-corrected chi connectivity index (χ3v) is 13.9. The van der Waals surface area contributed by atoms with Gasteiger partial charge in [-0.25, -0.2) is 9.78 Å². The largest absolute Gasteiger partial charge is 0.462 e. The minimum atomic E-state index is -0.189. The number of ether oxygens (including phenoxy) is 1. The van der Waals surface area contributed by atoms with E-state index in [9.17, 15) is 4.79 Å². The molecular weight excluding hydrogens is 448 g/mol. The highest BCUT2D eigenvalue weighted by atomic mass is 17.2. The molecule has 0 aromatic carbocycles. The van der Waals surface area contributed by atoms with Crippen molar-refractivity contribution in [3.8, 4) is 0 Å². The summed E-state index contributed by atoms with van der Waals surface area (Å²) in [6.45, 7) is 21.6. The molecule has 0 aromatic heterocycles. The van der Waals surface area contributed by atoms with E-state index in [0.717, 1.165) is 18.8 Å². The summed E-state index contributed by atoms with van der Waals surface area (Å²) in [6.07, 6.45) is 10.9. The van der Waals surface area contributed by atoms with Crippen LogP contribution in [0.1, 0.15) is 107 Å². The van der Waals surface area contributed by atoms with Crippen molar-refractivity contribution < 1.29 is 19.3 Å². The molecule has 0 amide bonds. The van der Waals surface area contributed by atoms with Crippen molar-refractivity contribution >= 4 is 5.97 Å². The zero-order chi connectivity index (χ0) is 26.1. The molecule has 0 radical (unpaired) electrons. The highest BCUT2D eigenvalue weighted by Crippen LogP contribution is 2.77. The first-order chi connectivity index (χ1) is 16.7. The van der Waals surface area contributed by atoms with Gasteiger partial charge in [0.15, 0.2) is 0 Å². The van der Waals surface area contributed by atoms with Crippen molar-refractivity contribution in [2.24, 2.45) is 56.7 Å². The van der Waals surface area contributed by atoms with Crippen molar-refractivity contribution in [1.82, 2.24) is 0 Å². The number of carbonyl (C=O) groups excluding carboxylic acids is 1. The summed E-state index contributed by atoms with van der Waals surface area (Å²) in [6, 6.07) is 0. The van der Waals surface area contributed by atoms with E-state index in [1.807, 2.05) is 0 Å². The van der Waals surface area contributed by atoms with Crippen LogP contribution in [0.5, 0.6) is 0 Å². The van der Waals surface area contributed by atoms with Crippen molar-refractivity contribution in [1.29, 1.82) is 0 Å². The lowest BCUT2D eigenvalue weighted by molar-refractivity contribution is -0.452. The summed E-state index contributed by atoms with van der Waals surface area (Å²) in [5.74, 6) is 2.77. The zero-order valence-corrected chi connectivity index (χ0v) is 24.3. The maximum Gasteiger partial charge on any atom is 0.302 e. The lowest BCUT2D eigenvalue weighted by atomic mass is 9.32. The van der Waals surface area contributed by atoms with Gasteiger partial charge >= 0.3 is 5.97 Å². The van der Waals surface area contributed by atoms with Crippen LogP contribution < -0.4 is 0 Å². The topological polar surface area (TPSA) is 44.8 Å². The van der Waals surface area contributed by atoms with Crippen molar-refractivity contribution in [2.75, 3.05) is 0 Å². The number of hydrogen-bond acceptors (Lipinski definition) is 4. The predicted octanol–water partition coefficient (Wildman–Crippen LogP) is 7.51. The Hall–Kier alpha value is -0.870. The molecule has 6 aliphatic rings. The van der Waals surface area contributed by atoms with Gasteiger partial charge in [-0.2, -0.15) is 0 Å². The highest BCUT2D eigenvalue weighted by molar-refractivity contribution is 5.66. The van der Waals surface area contributed by atoms with Crippen molar-refractivity contribution in [2.45, 2.75) is 126 Å². The first-order valence-corrected chi connectivity index (χ1v) is 14.9. The minimum absolute atomic E-state index is 0.00662. The van der Waals surface area contributed by atoms with E-state index in [-0.39, 0.29) is 45.9 Å². The number of fused-ring (bicyclic) bond motifs is 4. The molecule has 0 aromatic rings. The Morgan fingerprint density at radius 2 is 1.69 bits per heavy atom. The van der Waals surface area contributed by atoms with Gasteiger partial charge in [0.2, 0.25) is 0 Å². The summed E-state index contributed by atoms with van der Waals surface area (Å²) in [4.78, 5) is 24.8. The van der Waals surface area contributed by atoms with Crippen LogP contribution in [0.3, 0.4) is 0 Å². The van der Waals surface area contributed by atoms with Gasteiger partial charge in [0.05, 0.1) is 0 Å². The maximum absolute atomic E-state index is 12.0. The average Bonchev–Trinajstić information content (AvgIpc) is 2.78. The standard InChI is InChI=1S/C32H50O4/c1-18-10-12-29(6)14-15-30(7)21(26(29)19(18)2)16-22-27-31(30,8)13-11-23-28(4,5)24(34-20(3)33)17-25(36-35-22)32(23,27)9/h16,18-19,22-27H,10-15,17H2,1-9H3/t18-,19+,22-,23+,24+,25-,26-,27-,29-,30-,31-,32-/m1/s1. The molecule has 0 N–H and O–H groups in total. The lowest BCUT2D eigenvalue weighted by Crippen LogP contribution is -2.73. The summed E-state index contributed by atoms with van der Waals surface area (Å²) >= 11 is 0. The van der Waals surface area contributed by atoms with E-state index in [1.54, 1.807) is 5.57 Å². The second-order valence-corrected chi connectivity index (χ2v) is 15.6. The molecule has 6 rings (SSSR count). The van der Waals surface area contributed by atoms with E-state index in [4.69, 9.17) is 14.5 Å². The molecule has 5 fully saturated rings. The SMILES string of the molecule is CC(=O)O[C@H]1C[C@H]2OO[C@@H]3C=C4[C@H]5[C@@H](C)[C@H](C)CC[C@]5(C)CC[C@@]4(C)[C@]4(C)CC[C@@H](C1(C)C)[C@@]2(C)[C@H]34. The molecule has 4 saturated carbocycles. The van der Waals surface area contributed by atoms with E-state index < -0.39 is 0 Å². The van der Waals surface area contributed by atoms with Crippen molar-refractivity contribution in [3.63, 3.8) is 0 Å². The minimum Gasteiger partial charge on any atom is -0.462 e. The van der Waals surface area contributed by atoms with Crippen molar-refractivity contribution in [3.05, 3.63) is 11.6 Å². The van der Waals surface area contributed by atoms with Crippen LogP contribution in [0.2, 0.25) is 0 Å². The van der Waals surface area contributed by atoms with Crippen LogP contribution in [-0.2, 0) is 19.3 Å². The molecule has 1 heterocycles. The van der Waals surface area contributed by atoms with Crippen LogP contribution in [0.15, 0.2) is 11.6 Å². The predicted molar refractivity (Wildman–Crippen MR) is 141 cm³/mol. The van der Waals surface area contributed by atoms with Gasteiger partial charge in [0.25, 0.3) is 0 Å². The Morgan fingerprint density at radius 1 is 0.972 bits per heavy atom. The quantitative estimate of drug-likeness (QED) is 0.213. The molecule has 36 heavy (non-hydrogen) atoms. The molecule has 4 nitrogen and oxygen atoms in total. The smallest absolute Gasteiger partial charge is 0.302 e. The third kappa shape index (κ3) is 2.93. The van der Waals surface area contributed by atoms with Crippen LogP contribution >= 0.6 is 0 Å². The first kappa shape index (κ1) is 25.4. The number of rotatable bonds is 1. The van der Waals surface area contributed by atoms with Crippen LogP contribution in [0.4, 0.5) is 0 Å². The maximum atomic E-state index is 12.0. The van der Waals surface area contributed by atoms with E-state index >= 15 is 0 Å². The number of carbonyl (C=O) groups is 1. The average molecular weight is 499 g/mol. The Kier molecular flexibility index (Phi) is 5.38. The molecule has 5 aliphatic carbocycles. The third-order valence-electron chi connectivity index (χ3n) is 13.9. The second-order valence-electron chi connectivity index (χ2n) is 15.6. The Morgan fingerprint density at radius 3 is 2.39 bits per heavy atom. The Bertz CT molecular complexity index is 985. The lowest BCUT2D eigenvalue weighted by Gasteiger charge is -2.74. The molecule has 1 aliphatic heterocycles. The number of hydrogen-bond donors (Lipinski definition) is 0. The number of allylic oxidation sites excluding steroid dienone is 1. The number of esters is 1. The summed E-state index contributed by atoms with van der Waals surface area (Å²) in [7, 11) is 0. The van der Waals surface area contributed by atoms with Gasteiger partial charge in [-0.15, -0.1) is 0 Å². The first-order valence-electron chi connectivity index (χ1n) is 14.9. The highest BCUT2D eigenvalue weighted by Gasteiger charge is 2.74. The van der Waals surface area contributed by atoms with E-state index in [2.05, 4.69) is 61.5 Å². The van der Waals surface area contributed by atoms with Crippen LogP contribution in [0.25, 0.3) is 0 Å². The fraction of sp³-hybridized carbons (Fsp3) is 0.906. The fourth-order valence-electron chi connectivity index (χ4n) is 11.6. The summed E-state index contributed by atoms with van der Waals surface area (Å²) in [5.41, 5.74) is 2.38. The molecule has 0 bridgehead atoms. The molecular formula is C32H50O4. The van der Waals surface area contributed by atoms with Gasteiger partial charge in [-0.1, -0.05) is 67.0 Å². The molecule has 202 valence electrons. The van der Waals surface area contributed by atoms with Gasteiger partial charge in [-0.05, 0) is 78.4 Å². The molecule has 1 saturated heterocycles. The monoisotopic (exact) mass is 498 g/mol. The Balaban J connectivity index is 1.47. The zero-order valence-electron chi connectivity index (χ0n) is 24.3. The second kappa shape index (κ2) is 7.62. The van der Waals surface area contributed by atoms with Crippen LogP contribution in [-0.4, -0.2) is 24.3 Å². The summed E-state index contributed by atoms with van der Waals surface area (Å²) in [5, 5.41) is 0. The molecule has 0 unspecified atom stereocenters. The van der Waals surface area contributed by atoms with Gasteiger partial charge in [0.1, 0.15) is 18.3 Å². The van der Waals surface area contributed by atoms with E-state index in [0.29, 0.717) is 29.1 Å². The Labute approximate surface area is 219 Å². The molecule has 12 atom stereocenters. The fourth-order valence-corrected chi connectivity index (χ4v) is 11.6. The van der Waals surface area contributed by atoms with Gasteiger partial charge < -0.3 is 4.74 Å². The van der Waals surface area contributed by atoms with Gasteiger partial charge in [-0.3, -0.25) is 4.79 Å². The van der Waals surface area contributed by atoms with Gasteiger partial charge in [0, 0.05) is 30.1 Å². The summed E-state index contributed by atoms with van der Waals surface area (Å²) < 4.78 is 5.92. The van der Waals surface area contributed by atoms with Crippen LogP contribution in [0, 0.1) is 56.7 Å². The van der Waals surface area contributed by atoms with E-state index in [1.165, 1.54) is 39.0 Å².